The molecule has 0 bridgehead atoms. The van der Waals surface area contributed by atoms with Crippen LogP contribution in [0.4, 0.5) is 0 Å². The molecule has 0 spiro atoms. The zero-order valence-corrected chi connectivity index (χ0v) is 17.2. The molecule has 0 heterocycles. The van der Waals surface area contributed by atoms with Crippen LogP contribution >= 0.6 is 15.9 Å². The minimum absolute atomic E-state index is 0.0263. The van der Waals surface area contributed by atoms with E-state index in [9.17, 15) is 9.59 Å². The highest BCUT2D eigenvalue weighted by Crippen LogP contribution is 2.33. The number of carbonyl (C=O) groups excluding carboxylic acids is 2. The lowest BCUT2D eigenvalue weighted by atomic mass is 9.86. The Labute approximate surface area is 173 Å². The average Bonchev–Trinajstić information content (AvgIpc) is 2.74. The van der Waals surface area contributed by atoms with E-state index in [-0.39, 0.29) is 30.3 Å². The minimum atomic E-state index is -0.220. The van der Waals surface area contributed by atoms with Crippen molar-refractivity contribution >= 4 is 27.5 Å². The van der Waals surface area contributed by atoms with Crippen LogP contribution in [0.25, 0.3) is 0 Å². The maximum absolute atomic E-state index is 12.8. The van der Waals surface area contributed by atoms with Crippen molar-refractivity contribution in [2.45, 2.75) is 18.8 Å². The summed E-state index contributed by atoms with van der Waals surface area (Å²) in [5.74, 6) is 0.547. The van der Waals surface area contributed by atoms with Crippen LogP contribution in [0, 0.1) is 0 Å². The molecular formula is C24H21BrO3. The molecule has 0 aliphatic heterocycles. The molecule has 0 saturated carbocycles. The summed E-state index contributed by atoms with van der Waals surface area (Å²) in [6.45, 7) is 0. The van der Waals surface area contributed by atoms with E-state index in [4.69, 9.17) is 4.74 Å². The molecule has 3 aromatic rings. The van der Waals surface area contributed by atoms with E-state index in [2.05, 4.69) is 15.9 Å². The van der Waals surface area contributed by atoms with E-state index in [0.717, 1.165) is 10.0 Å². The molecule has 3 rings (SSSR count). The maximum Gasteiger partial charge on any atom is 0.163 e. The van der Waals surface area contributed by atoms with Gasteiger partial charge in [0.25, 0.3) is 0 Å². The first kappa shape index (κ1) is 20.0. The van der Waals surface area contributed by atoms with Gasteiger partial charge in [0.1, 0.15) is 5.75 Å². The number of methoxy groups -OCH3 is 1. The van der Waals surface area contributed by atoms with Crippen LogP contribution < -0.4 is 4.74 Å². The van der Waals surface area contributed by atoms with E-state index in [1.54, 1.807) is 7.11 Å². The van der Waals surface area contributed by atoms with Crippen molar-refractivity contribution in [3.05, 3.63) is 100 Å². The summed E-state index contributed by atoms with van der Waals surface area (Å²) in [6.07, 6.45) is 0.530. The molecule has 4 heteroatoms. The first-order valence-electron chi connectivity index (χ1n) is 9.08. The number of carbonyl (C=O) groups is 2. The van der Waals surface area contributed by atoms with E-state index in [0.29, 0.717) is 16.9 Å². The third-order valence-electron chi connectivity index (χ3n) is 4.70. The maximum atomic E-state index is 12.8. The molecule has 0 amide bonds. The lowest BCUT2D eigenvalue weighted by molar-refractivity contribution is 0.0944. The number of hydrogen-bond donors (Lipinski definition) is 0. The van der Waals surface area contributed by atoms with Crippen LogP contribution in [0.5, 0.6) is 5.75 Å². The van der Waals surface area contributed by atoms with E-state index in [1.807, 2.05) is 78.9 Å². The number of ketones is 2. The molecule has 0 aliphatic rings. The van der Waals surface area contributed by atoms with E-state index >= 15 is 0 Å². The van der Waals surface area contributed by atoms with Gasteiger partial charge in [-0.2, -0.15) is 0 Å². The smallest absolute Gasteiger partial charge is 0.163 e. The quantitative estimate of drug-likeness (QED) is 0.401. The normalized spacial score (nSPS) is 10.7. The monoisotopic (exact) mass is 436 g/mol. The molecule has 0 atom stereocenters. The first-order valence-corrected chi connectivity index (χ1v) is 9.87. The second-order valence-electron chi connectivity index (χ2n) is 6.58. The Morgan fingerprint density at radius 3 is 1.75 bits per heavy atom. The van der Waals surface area contributed by atoms with Crippen LogP contribution in [0.3, 0.4) is 0 Å². The standard InChI is InChI=1S/C24H21BrO3/c1-28-24-13-12-19(14-21(24)25)20(15-22(26)17-8-4-2-5-9-17)16-23(27)18-10-6-3-7-11-18/h2-14,20H,15-16H2,1H3. The summed E-state index contributed by atoms with van der Waals surface area (Å²) in [5, 5.41) is 0. The topological polar surface area (TPSA) is 43.4 Å². The molecule has 28 heavy (non-hydrogen) atoms. The highest BCUT2D eigenvalue weighted by atomic mass is 79.9. The Balaban J connectivity index is 1.88. The van der Waals surface area contributed by atoms with Crippen molar-refractivity contribution in [2.75, 3.05) is 7.11 Å². The van der Waals surface area contributed by atoms with Gasteiger partial charge in [0.05, 0.1) is 11.6 Å². The number of rotatable bonds is 8. The SMILES string of the molecule is COc1ccc(C(CC(=O)c2ccccc2)CC(=O)c2ccccc2)cc1Br. The van der Waals surface area contributed by atoms with Gasteiger partial charge in [-0.25, -0.2) is 0 Å². The van der Waals surface area contributed by atoms with Gasteiger partial charge >= 0.3 is 0 Å². The van der Waals surface area contributed by atoms with Crippen LogP contribution in [-0.2, 0) is 0 Å². The van der Waals surface area contributed by atoms with Gasteiger partial charge in [-0.15, -0.1) is 0 Å². The van der Waals surface area contributed by atoms with Crippen molar-refractivity contribution in [3.8, 4) is 5.75 Å². The van der Waals surface area contributed by atoms with Crippen molar-refractivity contribution in [3.63, 3.8) is 0 Å². The zero-order chi connectivity index (χ0) is 19.9. The predicted molar refractivity (Wildman–Crippen MR) is 114 cm³/mol. The summed E-state index contributed by atoms with van der Waals surface area (Å²) < 4.78 is 6.10. The summed E-state index contributed by atoms with van der Waals surface area (Å²) in [6, 6.07) is 24.1. The fourth-order valence-corrected chi connectivity index (χ4v) is 3.73. The Morgan fingerprint density at radius 1 is 0.821 bits per heavy atom. The summed E-state index contributed by atoms with van der Waals surface area (Å²) >= 11 is 3.50. The van der Waals surface area contributed by atoms with Crippen molar-refractivity contribution < 1.29 is 14.3 Å². The molecule has 0 aromatic heterocycles. The summed E-state index contributed by atoms with van der Waals surface area (Å²) in [5.41, 5.74) is 2.25. The van der Waals surface area contributed by atoms with Gasteiger partial charge in [-0.3, -0.25) is 9.59 Å². The fraction of sp³-hybridized carbons (Fsp3) is 0.167. The number of Topliss-reactive ketones (excluding diaryl/α,β-unsaturated/α-hetero) is 2. The van der Waals surface area contributed by atoms with Gasteiger partial charge in [-0.1, -0.05) is 66.7 Å². The van der Waals surface area contributed by atoms with Crippen LogP contribution in [0.2, 0.25) is 0 Å². The molecule has 0 saturated heterocycles. The minimum Gasteiger partial charge on any atom is -0.496 e. The lowest BCUT2D eigenvalue weighted by Gasteiger charge is -2.18. The predicted octanol–water partition coefficient (Wildman–Crippen LogP) is 6.09. The molecule has 0 radical (unpaired) electrons. The Bertz CT molecular complexity index is 899. The van der Waals surface area contributed by atoms with Crippen LogP contribution in [-0.4, -0.2) is 18.7 Å². The van der Waals surface area contributed by atoms with Gasteiger partial charge in [0.15, 0.2) is 11.6 Å². The lowest BCUT2D eigenvalue weighted by Crippen LogP contribution is -2.13. The van der Waals surface area contributed by atoms with E-state index in [1.165, 1.54) is 0 Å². The Kier molecular flexibility index (Phi) is 6.77. The summed E-state index contributed by atoms with van der Waals surface area (Å²) in [4.78, 5) is 25.6. The second kappa shape index (κ2) is 9.47. The van der Waals surface area contributed by atoms with Gasteiger partial charge in [-0.05, 0) is 39.5 Å². The largest absolute Gasteiger partial charge is 0.496 e. The average molecular weight is 437 g/mol. The molecule has 3 aromatic carbocycles. The molecule has 0 aliphatic carbocycles. The third kappa shape index (κ3) is 4.96. The second-order valence-corrected chi connectivity index (χ2v) is 7.43. The summed E-state index contributed by atoms with van der Waals surface area (Å²) in [7, 11) is 1.61. The van der Waals surface area contributed by atoms with Gasteiger partial charge < -0.3 is 4.74 Å². The van der Waals surface area contributed by atoms with Crippen molar-refractivity contribution in [1.82, 2.24) is 0 Å². The van der Waals surface area contributed by atoms with Crippen molar-refractivity contribution in [2.24, 2.45) is 0 Å². The molecule has 142 valence electrons. The zero-order valence-electron chi connectivity index (χ0n) is 15.6. The third-order valence-corrected chi connectivity index (χ3v) is 5.32. The highest BCUT2D eigenvalue weighted by molar-refractivity contribution is 9.10. The molecule has 0 fully saturated rings. The number of benzene rings is 3. The van der Waals surface area contributed by atoms with Gasteiger partial charge in [0.2, 0.25) is 0 Å². The highest BCUT2D eigenvalue weighted by Gasteiger charge is 2.22. The number of halogens is 1. The van der Waals surface area contributed by atoms with Gasteiger partial charge in [0, 0.05) is 24.0 Å². The molecular weight excluding hydrogens is 416 g/mol. The number of ether oxygens (including phenoxy) is 1. The van der Waals surface area contributed by atoms with Crippen LogP contribution in [0.15, 0.2) is 83.3 Å². The Morgan fingerprint density at radius 2 is 1.32 bits per heavy atom. The fourth-order valence-electron chi connectivity index (χ4n) is 3.18. The Hall–Kier alpha value is -2.72. The number of hydrogen-bond acceptors (Lipinski definition) is 3. The first-order chi connectivity index (χ1) is 13.6. The van der Waals surface area contributed by atoms with Crippen molar-refractivity contribution in [1.29, 1.82) is 0 Å². The molecule has 0 unspecified atom stereocenters. The molecule has 3 nitrogen and oxygen atoms in total. The van der Waals surface area contributed by atoms with Crippen LogP contribution in [0.1, 0.15) is 45.0 Å². The molecule has 0 N–H and O–H groups in total. The van der Waals surface area contributed by atoms with E-state index < -0.39 is 0 Å².